The number of nitrogens with zero attached hydrogens (tertiary/aromatic N) is 2. The maximum Gasteiger partial charge on any atom is 0.332 e. The number of rotatable bonds is 1. The summed E-state index contributed by atoms with van der Waals surface area (Å²) >= 11 is 0. The third kappa shape index (κ3) is 1.59. The number of hydrogen-bond acceptors (Lipinski definition) is 3. The molecule has 5 nitrogen and oxygen atoms in total. The second-order valence-corrected chi connectivity index (χ2v) is 4.23. The monoisotopic (exact) mass is 233 g/mol. The molecule has 17 heavy (non-hydrogen) atoms. The van der Waals surface area contributed by atoms with E-state index in [1.165, 1.54) is 4.57 Å². The largest absolute Gasteiger partial charge is 0.332 e. The molecule has 0 aliphatic carbocycles. The highest BCUT2D eigenvalue weighted by molar-refractivity contribution is 5.81. The van der Waals surface area contributed by atoms with Crippen LogP contribution in [0.2, 0.25) is 0 Å². The summed E-state index contributed by atoms with van der Waals surface area (Å²) < 4.78 is 2.54. The number of hydrogen-bond donors (Lipinski definition) is 1. The van der Waals surface area contributed by atoms with Gasteiger partial charge in [-0.1, -0.05) is 12.1 Å². The molecule has 1 heterocycles. The van der Waals surface area contributed by atoms with Gasteiger partial charge in [0.15, 0.2) is 0 Å². The van der Waals surface area contributed by atoms with Gasteiger partial charge in [0.25, 0.3) is 5.56 Å². The molecule has 0 radical (unpaired) electrons. The van der Waals surface area contributed by atoms with Gasteiger partial charge in [0.05, 0.1) is 17.1 Å². The number of benzene rings is 1. The average molecular weight is 233 g/mol. The lowest BCUT2D eigenvalue weighted by Gasteiger charge is -2.14. The van der Waals surface area contributed by atoms with Crippen molar-refractivity contribution in [3.8, 4) is 0 Å². The number of fused-ring (bicyclic) bond motifs is 1. The molecule has 0 bridgehead atoms. The van der Waals surface area contributed by atoms with Crippen molar-refractivity contribution in [3.63, 3.8) is 0 Å². The predicted octanol–water partition coefficient (Wildman–Crippen LogP) is 0.486. The molecule has 1 aromatic heterocycles. The van der Waals surface area contributed by atoms with Crippen molar-refractivity contribution in [1.29, 1.82) is 0 Å². The van der Waals surface area contributed by atoms with Crippen molar-refractivity contribution in [2.75, 3.05) is 0 Å². The second-order valence-electron chi connectivity index (χ2n) is 4.23. The van der Waals surface area contributed by atoms with Gasteiger partial charge in [-0.25, -0.2) is 9.36 Å². The van der Waals surface area contributed by atoms with E-state index in [2.05, 4.69) is 0 Å². The fourth-order valence-corrected chi connectivity index (χ4v) is 2.11. The summed E-state index contributed by atoms with van der Waals surface area (Å²) in [5.41, 5.74) is 6.51. The Balaban J connectivity index is 3.12. The highest BCUT2D eigenvalue weighted by Gasteiger charge is 2.13. The standard InChI is InChI=1S/C12H15N3O2/c1-7-5-4-6-9-10(7)14(3)12(17)15(8(2)13)11(9)16/h4-6,8H,13H2,1-3H3. The number of para-hydroxylation sites is 1. The molecule has 0 fully saturated rings. The summed E-state index contributed by atoms with van der Waals surface area (Å²) in [6.07, 6.45) is -0.633. The lowest BCUT2D eigenvalue weighted by Crippen LogP contribution is -2.43. The minimum Gasteiger partial charge on any atom is -0.311 e. The molecule has 2 N–H and O–H groups in total. The van der Waals surface area contributed by atoms with E-state index in [-0.39, 0.29) is 11.2 Å². The molecule has 0 saturated carbocycles. The zero-order valence-corrected chi connectivity index (χ0v) is 10.1. The van der Waals surface area contributed by atoms with E-state index in [1.807, 2.05) is 13.0 Å². The molecular weight excluding hydrogens is 218 g/mol. The maximum atomic E-state index is 12.2. The number of nitrogens with two attached hydrogens (primary N) is 1. The molecule has 1 atom stereocenters. The lowest BCUT2D eigenvalue weighted by molar-refractivity contribution is 0.511. The summed E-state index contributed by atoms with van der Waals surface area (Å²) in [5, 5.41) is 0.518. The minimum absolute atomic E-state index is 0.332. The summed E-state index contributed by atoms with van der Waals surface area (Å²) in [6.45, 7) is 3.49. The van der Waals surface area contributed by atoms with Gasteiger partial charge in [-0.15, -0.1) is 0 Å². The quantitative estimate of drug-likeness (QED) is 0.779. The van der Waals surface area contributed by atoms with Crippen LogP contribution in [0.25, 0.3) is 10.9 Å². The topological polar surface area (TPSA) is 70.0 Å². The maximum absolute atomic E-state index is 12.2. The van der Waals surface area contributed by atoms with E-state index in [4.69, 9.17) is 5.73 Å². The molecule has 0 aliphatic rings. The average Bonchev–Trinajstić information content (AvgIpc) is 2.25. The van der Waals surface area contributed by atoms with E-state index in [0.717, 1.165) is 10.1 Å². The smallest absolute Gasteiger partial charge is 0.311 e. The zero-order valence-electron chi connectivity index (χ0n) is 10.1. The van der Waals surface area contributed by atoms with Crippen molar-refractivity contribution in [3.05, 3.63) is 44.6 Å². The Kier molecular flexibility index (Phi) is 2.63. The number of aromatic nitrogens is 2. The van der Waals surface area contributed by atoms with Crippen LogP contribution in [0.4, 0.5) is 0 Å². The van der Waals surface area contributed by atoms with E-state index in [0.29, 0.717) is 10.9 Å². The van der Waals surface area contributed by atoms with Crippen LogP contribution in [-0.4, -0.2) is 9.13 Å². The van der Waals surface area contributed by atoms with Gasteiger partial charge < -0.3 is 5.73 Å². The second kappa shape index (κ2) is 3.85. The fraction of sp³-hybridized carbons (Fsp3) is 0.333. The van der Waals surface area contributed by atoms with Crippen molar-refractivity contribution >= 4 is 10.9 Å². The lowest BCUT2D eigenvalue weighted by atomic mass is 10.1. The normalized spacial score (nSPS) is 12.9. The Bertz CT molecular complexity index is 695. The first-order valence-corrected chi connectivity index (χ1v) is 5.41. The molecule has 1 aromatic carbocycles. The molecule has 0 spiro atoms. The van der Waals surface area contributed by atoms with Crippen LogP contribution in [-0.2, 0) is 7.05 Å². The Hall–Kier alpha value is -1.88. The first kappa shape index (κ1) is 11.6. The Morgan fingerprint density at radius 3 is 2.53 bits per heavy atom. The van der Waals surface area contributed by atoms with E-state index in [9.17, 15) is 9.59 Å². The van der Waals surface area contributed by atoms with Gasteiger partial charge in [-0.05, 0) is 25.5 Å². The fourth-order valence-electron chi connectivity index (χ4n) is 2.11. The van der Waals surface area contributed by atoms with E-state index < -0.39 is 6.17 Å². The molecule has 1 unspecified atom stereocenters. The molecule has 0 amide bonds. The Labute approximate surface area is 98.1 Å². The third-order valence-electron chi connectivity index (χ3n) is 2.92. The van der Waals surface area contributed by atoms with Gasteiger partial charge in [-0.2, -0.15) is 0 Å². The van der Waals surface area contributed by atoms with Crippen LogP contribution in [0.1, 0.15) is 18.7 Å². The van der Waals surface area contributed by atoms with Crippen molar-refractivity contribution in [1.82, 2.24) is 9.13 Å². The van der Waals surface area contributed by atoms with Gasteiger partial charge in [0.2, 0.25) is 0 Å². The van der Waals surface area contributed by atoms with Gasteiger partial charge in [-0.3, -0.25) is 9.36 Å². The van der Waals surface area contributed by atoms with Gasteiger partial charge in [0.1, 0.15) is 0 Å². The molecule has 0 saturated heterocycles. The first-order chi connectivity index (χ1) is 7.95. The number of aryl methyl sites for hydroxylation is 2. The van der Waals surface area contributed by atoms with Gasteiger partial charge in [0, 0.05) is 7.05 Å². The van der Waals surface area contributed by atoms with Crippen molar-refractivity contribution in [2.24, 2.45) is 12.8 Å². The Morgan fingerprint density at radius 1 is 1.29 bits per heavy atom. The molecule has 5 heteroatoms. The molecule has 0 aliphatic heterocycles. The zero-order chi connectivity index (χ0) is 12.7. The van der Waals surface area contributed by atoms with Crippen molar-refractivity contribution in [2.45, 2.75) is 20.0 Å². The molecule has 90 valence electrons. The SMILES string of the molecule is Cc1cccc2c(=O)n(C(C)N)c(=O)n(C)c12. The van der Waals surface area contributed by atoms with E-state index in [1.54, 1.807) is 26.1 Å². The summed E-state index contributed by atoms with van der Waals surface area (Å²) in [5.74, 6) is 0. The van der Waals surface area contributed by atoms with Crippen LogP contribution >= 0.6 is 0 Å². The van der Waals surface area contributed by atoms with Crippen LogP contribution in [0.3, 0.4) is 0 Å². The minimum atomic E-state index is -0.633. The van der Waals surface area contributed by atoms with Gasteiger partial charge >= 0.3 is 5.69 Å². The first-order valence-electron chi connectivity index (χ1n) is 5.41. The summed E-state index contributed by atoms with van der Waals surface area (Å²) in [7, 11) is 1.65. The summed E-state index contributed by atoms with van der Waals surface area (Å²) in [6, 6.07) is 5.38. The highest BCUT2D eigenvalue weighted by Crippen LogP contribution is 2.12. The third-order valence-corrected chi connectivity index (χ3v) is 2.92. The molecular formula is C12H15N3O2. The van der Waals surface area contributed by atoms with E-state index >= 15 is 0 Å². The van der Waals surface area contributed by atoms with Crippen LogP contribution in [0, 0.1) is 6.92 Å². The Morgan fingerprint density at radius 2 is 1.94 bits per heavy atom. The van der Waals surface area contributed by atoms with Crippen LogP contribution in [0.5, 0.6) is 0 Å². The highest BCUT2D eigenvalue weighted by atomic mass is 16.2. The summed E-state index contributed by atoms with van der Waals surface area (Å²) in [4.78, 5) is 24.2. The van der Waals surface area contributed by atoms with Crippen molar-refractivity contribution < 1.29 is 0 Å². The molecule has 2 rings (SSSR count). The van der Waals surface area contributed by atoms with Crippen LogP contribution < -0.4 is 17.0 Å². The van der Waals surface area contributed by atoms with Crippen LogP contribution in [0.15, 0.2) is 27.8 Å². The predicted molar refractivity (Wildman–Crippen MR) is 67.1 cm³/mol. The molecule has 2 aromatic rings.